The topological polar surface area (TPSA) is 95.6 Å². The molecule has 2 aromatic carbocycles. The van der Waals surface area contributed by atoms with Crippen molar-refractivity contribution >= 4 is 56.7 Å². The Morgan fingerprint density at radius 3 is 2.59 bits per heavy atom. The van der Waals surface area contributed by atoms with Crippen LogP contribution in [0.1, 0.15) is 25.7 Å². The van der Waals surface area contributed by atoms with Crippen molar-refractivity contribution in [2.75, 3.05) is 29.4 Å². The van der Waals surface area contributed by atoms with E-state index < -0.39 is 21.2 Å². The largest absolute Gasteiger partial charge is 0.341 e. The molecule has 1 atom stereocenters. The van der Waals surface area contributed by atoms with Crippen LogP contribution in [0.3, 0.4) is 0 Å². The van der Waals surface area contributed by atoms with Crippen molar-refractivity contribution in [1.82, 2.24) is 4.90 Å². The minimum atomic E-state index is -3.84. The van der Waals surface area contributed by atoms with Gasteiger partial charge in [-0.05, 0) is 55.5 Å². The van der Waals surface area contributed by atoms with Gasteiger partial charge in [0.1, 0.15) is 0 Å². The predicted molar refractivity (Wildman–Crippen MR) is 129 cm³/mol. The molecule has 1 unspecified atom stereocenters. The van der Waals surface area contributed by atoms with Crippen molar-refractivity contribution in [2.24, 2.45) is 0 Å². The van der Waals surface area contributed by atoms with Gasteiger partial charge in [-0.1, -0.05) is 18.9 Å². The lowest BCUT2D eigenvalue weighted by molar-refractivity contribution is -0.133. The Kier molecular flexibility index (Phi) is 7.02. The van der Waals surface area contributed by atoms with E-state index >= 15 is 0 Å². The number of nitrogens with zero attached hydrogens (tertiary/aromatic N) is 1. The van der Waals surface area contributed by atoms with Gasteiger partial charge >= 0.3 is 0 Å². The maximum Gasteiger partial charge on any atom is 0.261 e. The van der Waals surface area contributed by atoms with Crippen LogP contribution in [-0.4, -0.2) is 49.7 Å². The molecule has 2 N–H and O–H groups in total. The summed E-state index contributed by atoms with van der Waals surface area (Å²) in [5.74, 6) is -0.584. The van der Waals surface area contributed by atoms with Gasteiger partial charge in [-0.25, -0.2) is 8.42 Å². The van der Waals surface area contributed by atoms with Gasteiger partial charge in [0.25, 0.3) is 10.0 Å². The number of carbonyl (C=O) groups excluding carboxylic acids is 2. The fourth-order valence-electron chi connectivity index (χ4n) is 3.78. The van der Waals surface area contributed by atoms with Gasteiger partial charge in [-0.3, -0.25) is 14.3 Å². The van der Waals surface area contributed by atoms with Gasteiger partial charge in [0.05, 0.1) is 10.6 Å². The third kappa shape index (κ3) is 5.07. The first-order valence-corrected chi connectivity index (χ1v) is 14.0. The summed E-state index contributed by atoms with van der Waals surface area (Å²) in [7, 11) is -3.84. The molecule has 0 aliphatic carbocycles. The maximum absolute atomic E-state index is 12.9. The number of nitrogens with one attached hydrogen (secondary N) is 2. The highest BCUT2D eigenvalue weighted by molar-refractivity contribution is 8.01. The quantitative estimate of drug-likeness (QED) is 0.484. The molecule has 7 nitrogen and oxygen atoms in total. The second-order valence-corrected chi connectivity index (χ2v) is 11.4. The molecule has 0 saturated carbocycles. The molecule has 4 rings (SSSR count). The number of hydrogen-bond acceptors (Lipinski definition) is 6. The minimum Gasteiger partial charge on any atom is -0.341 e. The van der Waals surface area contributed by atoms with Gasteiger partial charge in [0.2, 0.25) is 11.8 Å². The molecule has 2 amide bonds. The molecule has 32 heavy (non-hydrogen) atoms. The zero-order chi connectivity index (χ0) is 22.7. The zero-order valence-corrected chi connectivity index (χ0v) is 20.1. The van der Waals surface area contributed by atoms with E-state index in [2.05, 4.69) is 10.0 Å². The van der Waals surface area contributed by atoms with Crippen LogP contribution in [0.4, 0.5) is 11.4 Å². The van der Waals surface area contributed by atoms with Crippen molar-refractivity contribution < 1.29 is 18.0 Å². The maximum atomic E-state index is 12.9. The smallest absolute Gasteiger partial charge is 0.261 e. The number of sulfonamides is 1. The van der Waals surface area contributed by atoms with Crippen molar-refractivity contribution in [2.45, 2.75) is 45.6 Å². The van der Waals surface area contributed by atoms with Crippen LogP contribution in [-0.2, 0) is 19.6 Å². The third-order valence-corrected chi connectivity index (χ3v) is 8.83. The molecule has 2 heterocycles. The molecule has 0 radical (unpaired) electrons. The standard InChI is InChI=1S/C22H25N3O4S3/c1-30-16-8-6-7-15(13-16)24-32(28,29)17-9-10-19-18(14-17)23-21(26)20(31-19)22(27)25-11-4-2-3-5-12-25/h6-10,13-14,20,24H,2-5,11-12H2,1H3,(H,23,26). The van der Waals surface area contributed by atoms with E-state index in [0.29, 0.717) is 29.4 Å². The van der Waals surface area contributed by atoms with Gasteiger partial charge < -0.3 is 10.2 Å². The molecular weight excluding hydrogens is 466 g/mol. The first-order valence-electron chi connectivity index (χ1n) is 10.4. The fourth-order valence-corrected chi connectivity index (χ4v) is 6.36. The second-order valence-electron chi connectivity index (χ2n) is 7.72. The first-order chi connectivity index (χ1) is 15.4. The molecule has 2 aliphatic heterocycles. The van der Waals surface area contributed by atoms with Gasteiger partial charge in [-0.15, -0.1) is 23.5 Å². The minimum absolute atomic E-state index is 0.0454. The lowest BCUT2D eigenvalue weighted by Gasteiger charge is -2.28. The Bertz CT molecular complexity index is 1130. The Morgan fingerprint density at radius 1 is 1.12 bits per heavy atom. The van der Waals surface area contributed by atoms with Gasteiger partial charge in [-0.2, -0.15) is 0 Å². The number of carbonyl (C=O) groups is 2. The third-order valence-electron chi connectivity index (χ3n) is 5.47. The van der Waals surface area contributed by atoms with Crippen molar-refractivity contribution in [3.05, 3.63) is 42.5 Å². The summed E-state index contributed by atoms with van der Waals surface area (Å²) in [4.78, 5) is 29.1. The van der Waals surface area contributed by atoms with Crippen LogP contribution in [0.5, 0.6) is 0 Å². The lowest BCUT2D eigenvalue weighted by Crippen LogP contribution is -2.45. The molecule has 170 valence electrons. The number of anilines is 2. The molecule has 1 saturated heterocycles. The summed E-state index contributed by atoms with van der Waals surface area (Å²) in [6.45, 7) is 1.35. The number of rotatable bonds is 5. The van der Waals surface area contributed by atoms with Gasteiger partial charge in [0.15, 0.2) is 5.25 Å². The molecule has 0 spiro atoms. The summed E-state index contributed by atoms with van der Waals surface area (Å²) in [5, 5.41) is 1.89. The molecule has 2 aliphatic rings. The number of hydrogen-bond donors (Lipinski definition) is 2. The number of amides is 2. The van der Waals surface area contributed by atoms with E-state index in [1.807, 2.05) is 12.3 Å². The predicted octanol–water partition coefficient (Wildman–Crippen LogP) is 4.02. The van der Waals surface area contributed by atoms with Crippen LogP contribution in [0, 0.1) is 0 Å². The molecule has 0 bridgehead atoms. The average Bonchev–Trinajstić information content (AvgIpc) is 3.07. The summed E-state index contributed by atoms with van der Waals surface area (Å²) in [6, 6.07) is 11.7. The molecule has 2 aromatic rings. The van der Waals surface area contributed by atoms with Crippen molar-refractivity contribution in [1.29, 1.82) is 0 Å². The van der Waals surface area contributed by atoms with Crippen LogP contribution in [0.15, 0.2) is 57.2 Å². The summed E-state index contributed by atoms with van der Waals surface area (Å²) >= 11 is 2.70. The van der Waals surface area contributed by atoms with E-state index in [0.717, 1.165) is 30.6 Å². The molecule has 0 aromatic heterocycles. The molecular formula is C22H25N3O4S3. The van der Waals surface area contributed by atoms with E-state index in [-0.39, 0.29) is 10.8 Å². The number of fused-ring (bicyclic) bond motifs is 1. The summed E-state index contributed by atoms with van der Waals surface area (Å²) in [5.41, 5.74) is 0.872. The van der Waals surface area contributed by atoms with E-state index in [1.165, 1.54) is 35.7 Å². The van der Waals surface area contributed by atoms with E-state index in [9.17, 15) is 18.0 Å². The monoisotopic (exact) mass is 491 g/mol. The molecule has 10 heteroatoms. The zero-order valence-electron chi connectivity index (χ0n) is 17.7. The van der Waals surface area contributed by atoms with E-state index in [1.54, 1.807) is 29.2 Å². The van der Waals surface area contributed by atoms with Crippen molar-refractivity contribution in [3.63, 3.8) is 0 Å². The Hall–Kier alpha value is -2.17. The summed E-state index contributed by atoms with van der Waals surface area (Å²) in [6.07, 6.45) is 6.03. The number of thioether (sulfide) groups is 2. The van der Waals surface area contributed by atoms with Crippen LogP contribution in [0.2, 0.25) is 0 Å². The highest BCUT2D eigenvalue weighted by Gasteiger charge is 2.36. The number of benzene rings is 2. The van der Waals surface area contributed by atoms with Crippen LogP contribution >= 0.6 is 23.5 Å². The average molecular weight is 492 g/mol. The first kappa shape index (κ1) is 23.0. The van der Waals surface area contributed by atoms with Crippen LogP contribution < -0.4 is 10.0 Å². The Labute approximate surface area is 196 Å². The fraction of sp³-hybridized carbons (Fsp3) is 0.364. The molecule has 1 fully saturated rings. The SMILES string of the molecule is CSc1cccc(NS(=O)(=O)c2ccc3c(c2)NC(=O)C(C(=O)N2CCCCCC2)S3)c1. The Morgan fingerprint density at radius 2 is 1.88 bits per heavy atom. The highest BCUT2D eigenvalue weighted by Crippen LogP contribution is 2.38. The van der Waals surface area contributed by atoms with Crippen LogP contribution in [0.25, 0.3) is 0 Å². The summed E-state index contributed by atoms with van der Waals surface area (Å²) < 4.78 is 28.3. The Balaban J connectivity index is 1.52. The number of likely N-dealkylation sites (tertiary alicyclic amines) is 1. The van der Waals surface area contributed by atoms with Gasteiger partial charge in [0, 0.05) is 28.6 Å². The second kappa shape index (κ2) is 9.76. The lowest BCUT2D eigenvalue weighted by atomic mass is 10.2. The highest BCUT2D eigenvalue weighted by atomic mass is 32.2. The van der Waals surface area contributed by atoms with Crippen molar-refractivity contribution in [3.8, 4) is 0 Å². The van der Waals surface area contributed by atoms with E-state index in [4.69, 9.17) is 0 Å². The normalized spacial score (nSPS) is 19.0.